The van der Waals surface area contributed by atoms with Crippen molar-refractivity contribution in [3.8, 4) is 0 Å². The molecule has 1 aliphatic carbocycles. The van der Waals surface area contributed by atoms with E-state index in [-0.39, 0.29) is 18.0 Å². The number of hydrogen-bond donors (Lipinski definition) is 3. The zero-order valence-electron chi connectivity index (χ0n) is 14.2. The number of nitrogens with two attached hydrogens (primary N) is 1. The minimum atomic E-state index is -1.08. The molecule has 3 rings (SSSR count). The van der Waals surface area contributed by atoms with E-state index < -0.39 is 11.4 Å². The van der Waals surface area contributed by atoms with Crippen LogP contribution in [-0.2, 0) is 9.59 Å². The summed E-state index contributed by atoms with van der Waals surface area (Å²) in [5.74, 6) is -0.189. The lowest BCUT2D eigenvalue weighted by Crippen LogP contribution is -2.54. The molecule has 1 fully saturated rings. The number of carbonyl (C=O) groups excluding carboxylic acids is 2. The minimum absolute atomic E-state index is 0.124. The van der Waals surface area contributed by atoms with E-state index in [4.69, 9.17) is 5.73 Å². The summed E-state index contributed by atoms with van der Waals surface area (Å²) < 4.78 is 0. The van der Waals surface area contributed by atoms with Crippen molar-refractivity contribution in [2.45, 2.75) is 44.8 Å². The van der Waals surface area contributed by atoms with Crippen LogP contribution in [0.2, 0.25) is 0 Å². The molecule has 1 aromatic rings. The van der Waals surface area contributed by atoms with E-state index >= 15 is 0 Å². The topological polar surface area (TPSA) is 87.5 Å². The Morgan fingerprint density at radius 2 is 2.00 bits per heavy atom. The van der Waals surface area contributed by atoms with Gasteiger partial charge >= 0.3 is 0 Å². The molecule has 6 nitrogen and oxygen atoms in total. The quantitative estimate of drug-likeness (QED) is 0.758. The van der Waals surface area contributed by atoms with Gasteiger partial charge in [0, 0.05) is 6.04 Å². The molecule has 4 atom stereocenters. The molecule has 0 spiro atoms. The fourth-order valence-corrected chi connectivity index (χ4v) is 2.94. The lowest BCUT2D eigenvalue weighted by molar-refractivity contribution is -0.124. The van der Waals surface area contributed by atoms with E-state index in [1.165, 1.54) is 0 Å². The van der Waals surface area contributed by atoms with Crippen molar-refractivity contribution in [1.29, 1.82) is 0 Å². The Morgan fingerprint density at radius 1 is 1.38 bits per heavy atom. The van der Waals surface area contributed by atoms with Crippen molar-refractivity contribution < 1.29 is 9.59 Å². The van der Waals surface area contributed by atoms with Crippen LogP contribution in [0, 0.1) is 5.92 Å². The molecule has 2 aliphatic rings. The monoisotopic (exact) mass is 328 g/mol. The zero-order chi connectivity index (χ0) is 17.5. The van der Waals surface area contributed by atoms with Gasteiger partial charge in [-0.1, -0.05) is 37.3 Å². The Morgan fingerprint density at radius 3 is 2.54 bits per heavy atom. The van der Waals surface area contributed by atoms with Crippen LogP contribution in [0.25, 0.3) is 0 Å². The van der Waals surface area contributed by atoms with E-state index in [0.717, 1.165) is 12.0 Å². The first-order chi connectivity index (χ1) is 11.3. The summed E-state index contributed by atoms with van der Waals surface area (Å²) in [6.07, 6.45) is 2.62. The Hall–Kier alpha value is -2.34. The Kier molecular flexibility index (Phi) is 4.09. The lowest BCUT2D eigenvalue weighted by atomic mass is 10.0. The molecule has 4 N–H and O–H groups in total. The highest BCUT2D eigenvalue weighted by molar-refractivity contribution is 5.97. The average Bonchev–Trinajstić information content (AvgIpc) is 3.11. The first kappa shape index (κ1) is 16.5. The van der Waals surface area contributed by atoms with Crippen molar-refractivity contribution in [2.75, 3.05) is 0 Å². The standard InChI is InChI=1S/C18H24N4O2/c1-11-9-14(11)20-16(23)15-10-18(3,17(19)24)21-22(15)12(2)13-7-5-4-6-8-13/h4-8,10-12,14,21H,9H2,1-3H3,(H2,19,24)(H,20,23)/t11-,12-,14-,18?/m0/s1. The van der Waals surface area contributed by atoms with E-state index in [1.54, 1.807) is 18.0 Å². The SMILES string of the molecule is C[C@H]1C[C@@H]1NC(=O)C1=CC(C)(C(N)=O)NN1[C@@H](C)c1ccccc1. The number of carbonyl (C=O) groups is 2. The second kappa shape index (κ2) is 5.94. The third-order valence-electron chi connectivity index (χ3n) is 4.88. The molecule has 6 heteroatoms. The lowest BCUT2D eigenvalue weighted by Gasteiger charge is -2.32. The molecular weight excluding hydrogens is 304 g/mol. The van der Waals surface area contributed by atoms with Gasteiger partial charge in [0.25, 0.3) is 5.91 Å². The molecule has 0 aromatic heterocycles. The first-order valence-corrected chi connectivity index (χ1v) is 8.27. The van der Waals surface area contributed by atoms with Crippen LogP contribution in [0.4, 0.5) is 0 Å². The summed E-state index contributed by atoms with van der Waals surface area (Å²) in [4.78, 5) is 24.5. The number of hydrazine groups is 1. The summed E-state index contributed by atoms with van der Waals surface area (Å²) in [7, 11) is 0. The normalized spacial score (nSPS) is 29.8. The molecule has 1 saturated carbocycles. The van der Waals surface area contributed by atoms with Crippen LogP contribution in [0.15, 0.2) is 42.1 Å². The summed E-state index contributed by atoms with van der Waals surface area (Å²) in [6, 6.07) is 9.91. The number of nitrogens with zero attached hydrogens (tertiary/aromatic N) is 1. The number of rotatable bonds is 5. The van der Waals surface area contributed by atoms with Gasteiger partial charge in [-0.15, -0.1) is 0 Å². The van der Waals surface area contributed by atoms with Gasteiger partial charge in [0.1, 0.15) is 11.2 Å². The van der Waals surface area contributed by atoms with Crippen LogP contribution in [0.3, 0.4) is 0 Å². The molecule has 2 amide bonds. The van der Waals surface area contributed by atoms with Gasteiger partial charge in [-0.3, -0.25) is 14.6 Å². The van der Waals surface area contributed by atoms with Gasteiger partial charge in [-0.2, -0.15) is 0 Å². The summed E-state index contributed by atoms with van der Waals surface area (Å²) in [5.41, 5.74) is 9.03. The predicted octanol–water partition coefficient (Wildman–Crippen LogP) is 1.22. The molecule has 128 valence electrons. The number of amides is 2. The van der Waals surface area contributed by atoms with Crippen molar-refractivity contribution in [3.63, 3.8) is 0 Å². The minimum Gasteiger partial charge on any atom is -0.368 e. The smallest absolute Gasteiger partial charge is 0.268 e. The molecule has 0 saturated heterocycles. The molecule has 0 bridgehead atoms. The second-order valence-electron chi connectivity index (χ2n) is 6.96. The maximum absolute atomic E-state index is 12.7. The third-order valence-corrected chi connectivity index (χ3v) is 4.88. The molecule has 0 radical (unpaired) electrons. The maximum Gasteiger partial charge on any atom is 0.268 e. The Bertz CT molecular complexity index is 688. The van der Waals surface area contributed by atoms with Crippen LogP contribution in [0.5, 0.6) is 0 Å². The fraction of sp³-hybridized carbons (Fsp3) is 0.444. The van der Waals surface area contributed by atoms with E-state index in [1.807, 2.05) is 37.3 Å². The number of primary amides is 1. The summed E-state index contributed by atoms with van der Waals surface area (Å²) >= 11 is 0. The molecule has 1 aromatic carbocycles. The Labute approximate surface area is 142 Å². The van der Waals surface area contributed by atoms with Crippen molar-refractivity contribution in [1.82, 2.24) is 15.8 Å². The Balaban J connectivity index is 1.87. The van der Waals surface area contributed by atoms with Crippen molar-refractivity contribution >= 4 is 11.8 Å². The molecule has 1 unspecified atom stereocenters. The van der Waals surface area contributed by atoms with Crippen LogP contribution in [0.1, 0.15) is 38.8 Å². The predicted molar refractivity (Wildman–Crippen MR) is 91.2 cm³/mol. The highest BCUT2D eigenvalue weighted by atomic mass is 16.2. The van der Waals surface area contributed by atoms with E-state index in [9.17, 15) is 9.59 Å². The highest BCUT2D eigenvalue weighted by Crippen LogP contribution is 2.33. The van der Waals surface area contributed by atoms with E-state index in [2.05, 4.69) is 17.7 Å². The summed E-state index contributed by atoms with van der Waals surface area (Å²) in [6.45, 7) is 5.76. The van der Waals surface area contributed by atoms with Gasteiger partial charge in [-0.05, 0) is 37.8 Å². The highest BCUT2D eigenvalue weighted by Gasteiger charge is 2.43. The van der Waals surface area contributed by atoms with Gasteiger partial charge in [0.05, 0.1) is 6.04 Å². The first-order valence-electron chi connectivity index (χ1n) is 8.27. The van der Waals surface area contributed by atoms with Crippen molar-refractivity contribution in [3.05, 3.63) is 47.7 Å². The molecular formula is C18H24N4O2. The average molecular weight is 328 g/mol. The van der Waals surface area contributed by atoms with Gasteiger partial charge in [0.2, 0.25) is 5.91 Å². The number of hydrogen-bond acceptors (Lipinski definition) is 4. The van der Waals surface area contributed by atoms with Gasteiger partial charge < -0.3 is 11.1 Å². The van der Waals surface area contributed by atoms with Gasteiger partial charge in [-0.25, -0.2) is 5.43 Å². The third kappa shape index (κ3) is 3.01. The molecule has 1 heterocycles. The largest absolute Gasteiger partial charge is 0.368 e. The van der Waals surface area contributed by atoms with E-state index in [0.29, 0.717) is 11.6 Å². The zero-order valence-corrected chi connectivity index (χ0v) is 14.2. The van der Waals surface area contributed by atoms with Crippen LogP contribution in [-0.4, -0.2) is 28.4 Å². The van der Waals surface area contributed by atoms with Crippen LogP contribution >= 0.6 is 0 Å². The number of nitrogens with one attached hydrogen (secondary N) is 2. The molecule has 1 aliphatic heterocycles. The van der Waals surface area contributed by atoms with Crippen LogP contribution < -0.4 is 16.5 Å². The molecule has 24 heavy (non-hydrogen) atoms. The maximum atomic E-state index is 12.7. The summed E-state index contributed by atoms with van der Waals surface area (Å²) in [5, 5.41) is 4.76. The number of benzene rings is 1. The fourth-order valence-electron chi connectivity index (χ4n) is 2.94. The van der Waals surface area contributed by atoms with Crippen molar-refractivity contribution in [2.24, 2.45) is 11.7 Å². The second-order valence-corrected chi connectivity index (χ2v) is 6.96. The van der Waals surface area contributed by atoms with Gasteiger partial charge in [0.15, 0.2) is 0 Å².